The van der Waals surface area contributed by atoms with E-state index < -0.39 is 23.0 Å². The van der Waals surface area contributed by atoms with Gasteiger partial charge >= 0.3 is 5.97 Å². The summed E-state index contributed by atoms with van der Waals surface area (Å²) in [7, 11) is 0. The summed E-state index contributed by atoms with van der Waals surface area (Å²) in [6.07, 6.45) is 1.31. The first kappa shape index (κ1) is 12.4. The molecule has 0 unspecified atom stereocenters. The van der Waals surface area contributed by atoms with Crippen molar-refractivity contribution < 1.29 is 14.6 Å². The molecular weight excluding hydrogens is 260 g/mol. The Morgan fingerprint density at radius 3 is 2.94 bits per heavy atom. The minimum atomic E-state index is -0.915. The fourth-order valence-corrected chi connectivity index (χ4v) is 1.64. The molecule has 0 aliphatic rings. The number of fused-ring (bicyclic) bond motifs is 1. The zero-order chi connectivity index (χ0) is 13.3. The largest absolute Gasteiger partial charge is 0.492 e. The summed E-state index contributed by atoms with van der Waals surface area (Å²) in [5, 5.41) is 9.91. The Labute approximate surface area is 106 Å². The van der Waals surface area contributed by atoms with Crippen LogP contribution in [0.2, 0.25) is 5.02 Å². The van der Waals surface area contributed by atoms with E-state index in [1.807, 2.05) is 0 Å². The number of aromatic nitrogens is 2. The first-order valence-electron chi connectivity index (χ1n) is 5.12. The Morgan fingerprint density at radius 1 is 1.56 bits per heavy atom. The molecule has 0 fully saturated rings. The Morgan fingerprint density at radius 2 is 2.28 bits per heavy atom. The summed E-state index contributed by atoms with van der Waals surface area (Å²) < 4.78 is 5.76. The lowest BCUT2D eigenvalue weighted by molar-refractivity contribution is 0.0519. The lowest BCUT2D eigenvalue weighted by Crippen LogP contribution is -2.24. The second-order valence-electron chi connectivity index (χ2n) is 3.41. The first-order valence-corrected chi connectivity index (χ1v) is 5.50. The van der Waals surface area contributed by atoms with E-state index >= 15 is 0 Å². The van der Waals surface area contributed by atoms with Crippen molar-refractivity contribution in [1.82, 2.24) is 9.38 Å². The Balaban J connectivity index is 2.75. The van der Waals surface area contributed by atoms with E-state index in [4.69, 9.17) is 11.6 Å². The predicted octanol–water partition coefficient (Wildman–Crippen LogP) is 1.23. The van der Waals surface area contributed by atoms with Crippen molar-refractivity contribution in [3.05, 3.63) is 39.3 Å². The number of rotatable bonds is 2. The summed E-state index contributed by atoms with van der Waals surface area (Å²) in [6, 6.07) is 2.98. The van der Waals surface area contributed by atoms with Crippen LogP contribution in [-0.2, 0) is 4.74 Å². The fraction of sp³-hybridized carbons (Fsp3) is 0.182. The molecule has 2 rings (SSSR count). The summed E-state index contributed by atoms with van der Waals surface area (Å²) in [5.74, 6) is -1.57. The van der Waals surface area contributed by atoms with Crippen LogP contribution in [0.5, 0.6) is 5.88 Å². The van der Waals surface area contributed by atoms with Crippen LogP contribution in [0.15, 0.2) is 23.1 Å². The topological polar surface area (TPSA) is 80.9 Å². The standard InChI is InChI=1S/C11H9ClN2O4/c1-2-18-11(17)8-9(15)13-7-4-3-6(12)5-14(7)10(8)16/h3-5,15H,2H2,1H3. The van der Waals surface area contributed by atoms with Gasteiger partial charge in [0, 0.05) is 6.20 Å². The molecule has 7 heteroatoms. The molecule has 0 amide bonds. The normalized spacial score (nSPS) is 10.6. The molecule has 2 heterocycles. The highest BCUT2D eigenvalue weighted by atomic mass is 35.5. The van der Waals surface area contributed by atoms with Gasteiger partial charge in [0.1, 0.15) is 5.65 Å². The van der Waals surface area contributed by atoms with E-state index in [0.29, 0.717) is 5.02 Å². The predicted molar refractivity (Wildman–Crippen MR) is 64.1 cm³/mol. The molecule has 6 nitrogen and oxygen atoms in total. The van der Waals surface area contributed by atoms with Crippen molar-refractivity contribution in [2.75, 3.05) is 6.61 Å². The van der Waals surface area contributed by atoms with Crippen LogP contribution in [0, 0.1) is 0 Å². The van der Waals surface area contributed by atoms with Crippen molar-refractivity contribution in [2.45, 2.75) is 6.92 Å². The maximum Gasteiger partial charge on any atom is 0.349 e. The van der Waals surface area contributed by atoms with Crippen LogP contribution in [0.4, 0.5) is 0 Å². The number of aromatic hydroxyl groups is 1. The van der Waals surface area contributed by atoms with Crippen molar-refractivity contribution in [3.63, 3.8) is 0 Å². The molecule has 0 bridgehead atoms. The SMILES string of the molecule is CCOC(=O)c1c(O)nc2ccc(Cl)cn2c1=O. The highest BCUT2D eigenvalue weighted by Gasteiger charge is 2.20. The summed E-state index contributed by atoms with van der Waals surface area (Å²) in [4.78, 5) is 27.3. The third-order valence-electron chi connectivity index (χ3n) is 2.25. The van der Waals surface area contributed by atoms with Crippen molar-refractivity contribution >= 4 is 23.2 Å². The quantitative estimate of drug-likeness (QED) is 0.829. The van der Waals surface area contributed by atoms with Crippen molar-refractivity contribution in [2.24, 2.45) is 0 Å². The zero-order valence-corrected chi connectivity index (χ0v) is 10.1. The van der Waals surface area contributed by atoms with Crippen LogP contribution >= 0.6 is 11.6 Å². The van der Waals surface area contributed by atoms with E-state index in [-0.39, 0.29) is 12.3 Å². The molecule has 0 spiro atoms. The van der Waals surface area contributed by atoms with E-state index in [9.17, 15) is 14.7 Å². The second kappa shape index (κ2) is 4.66. The van der Waals surface area contributed by atoms with Gasteiger partial charge in [0.25, 0.3) is 5.56 Å². The van der Waals surface area contributed by atoms with Gasteiger partial charge in [-0.3, -0.25) is 9.20 Å². The van der Waals surface area contributed by atoms with Crippen molar-refractivity contribution in [3.8, 4) is 5.88 Å². The third kappa shape index (κ3) is 2.02. The molecule has 2 aromatic rings. The van der Waals surface area contributed by atoms with Gasteiger partial charge in [-0.25, -0.2) is 4.79 Å². The minimum Gasteiger partial charge on any atom is -0.492 e. The van der Waals surface area contributed by atoms with E-state index in [1.54, 1.807) is 6.92 Å². The fourth-order valence-electron chi connectivity index (χ4n) is 1.48. The molecule has 1 N–H and O–H groups in total. The number of esters is 1. The van der Waals surface area contributed by atoms with E-state index in [1.165, 1.54) is 18.3 Å². The number of hydrogen-bond acceptors (Lipinski definition) is 5. The second-order valence-corrected chi connectivity index (χ2v) is 3.85. The molecule has 0 atom stereocenters. The number of ether oxygens (including phenoxy) is 1. The van der Waals surface area contributed by atoms with Gasteiger partial charge in [-0.1, -0.05) is 11.6 Å². The number of hydrogen-bond donors (Lipinski definition) is 1. The average Bonchev–Trinajstić information content (AvgIpc) is 2.31. The Hall–Kier alpha value is -2.08. The lowest BCUT2D eigenvalue weighted by atomic mass is 10.3. The molecular formula is C11H9ClN2O4. The third-order valence-corrected chi connectivity index (χ3v) is 2.47. The van der Waals surface area contributed by atoms with E-state index in [0.717, 1.165) is 4.40 Å². The highest BCUT2D eigenvalue weighted by molar-refractivity contribution is 6.30. The number of carbonyl (C=O) groups excluding carboxylic acids is 1. The number of nitrogens with zero attached hydrogens (tertiary/aromatic N) is 2. The Bertz CT molecular complexity index is 681. The molecule has 0 aliphatic carbocycles. The molecule has 0 saturated heterocycles. The molecule has 0 aromatic carbocycles. The van der Waals surface area contributed by atoms with Crippen LogP contribution in [0.3, 0.4) is 0 Å². The van der Waals surface area contributed by atoms with Gasteiger partial charge in [-0.05, 0) is 19.1 Å². The number of pyridine rings is 1. The smallest absolute Gasteiger partial charge is 0.349 e. The van der Waals surface area contributed by atoms with Gasteiger partial charge in [0.05, 0.1) is 11.6 Å². The number of carbonyl (C=O) groups is 1. The molecule has 0 aliphatic heterocycles. The monoisotopic (exact) mass is 268 g/mol. The Kier molecular flexibility index (Phi) is 3.20. The first-order chi connectivity index (χ1) is 8.54. The number of halogens is 1. The van der Waals surface area contributed by atoms with Crippen LogP contribution in [0.25, 0.3) is 5.65 Å². The maximum absolute atomic E-state index is 12.0. The summed E-state index contributed by atoms with van der Waals surface area (Å²) in [5.41, 5.74) is -1.04. The molecule has 2 aromatic heterocycles. The van der Waals surface area contributed by atoms with Gasteiger partial charge in [-0.2, -0.15) is 4.98 Å². The van der Waals surface area contributed by atoms with Gasteiger partial charge in [0.2, 0.25) is 5.88 Å². The van der Waals surface area contributed by atoms with Gasteiger partial charge < -0.3 is 9.84 Å². The van der Waals surface area contributed by atoms with Crippen LogP contribution < -0.4 is 5.56 Å². The van der Waals surface area contributed by atoms with Crippen molar-refractivity contribution in [1.29, 1.82) is 0 Å². The van der Waals surface area contributed by atoms with E-state index in [2.05, 4.69) is 9.72 Å². The van der Waals surface area contributed by atoms with Gasteiger partial charge in [-0.15, -0.1) is 0 Å². The molecule has 0 saturated carbocycles. The molecule has 18 heavy (non-hydrogen) atoms. The maximum atomic E-state index is 12.0. The molecule has 0 radical (unpaired) electrons. The average molecular weight is 269 g/mol. The zero-order valence-electron chi connectivity index (χ0n) is 9.38. The summed E-state index contributed by atoms with van der Waals surface area (Å²) in [6.45, 7) is 1.69. The van der Waals surface area contributed by atoms with Crippen LogP contribution in [-0.4, -0.2) is 27.1 Å². The summed E-state index contributed by atoms with van der Waals surface area (Å²) >= 11 is 5.76. The van der Waals surface area contributed by atoms with Gasteiger partial charge in [0.15, 0.2) is 5.56 Å². The lowest BCUT2D eigenvalue weighted by Gasteiger charge is -2.06. The minimum absolute atomic E-state index is 0.0932. The van der Waals surface area contributed by atoms with Crippen LogP contribution in [0.1, 0.15) is 17.3 Å². The highest BCUT2D eigenvalue weighted by Crippen LogP contribution is 2.14. The molecule has 94 valence electrons.